The van der Waals surface area contributed by atoms with Crippen LogP contribution in [0.4, 0.5) is 0 Å². The maximum atomic E-state index is 11.6. The number of hydrogen-bond acceptors (Lipinski definition) is 8. The number of hydrogen-bond donors (Lipinski definition) is 6. The second kappa shape index (κ2) is 11.6. The largest absolute Gasteiger partial charge is 0.393 e. The van der Waals surface area contributed by atoms with Crippen molar-refractivity contribution in [2.45, 2.75) is 141 Å². The SMILES string of the molecule is CC(C)[C@H](CCC(C)[C@H]1C[C@@H](O)C2C3C[C@H](O)C4C[C@@H](O)CC[C@]4(C)C3CC[C@@]21C)O[C@@H]1OC[C@@H](O)[C@H](O)[C@H]1O. The summed E-state index contributed by atoms with van der Waals surface area (Å²) < 4.78 is 11.7. The van der Waals surface area contributed by atoms with Crippen LogP contribution in [0.5, 0.6) is 0 Å². The Morgan fingerprint density at radius 3 is 2.17 bits per heavy atom. The molecule has 1 saturated heterocycles. The van der Waals surface area contributed by atoms with Crippen molar-refractivity contribution in [3.05, 3.63) is 0 Å². The highest BCUT2D eigenvalue weighted by Crippen LogP contribution is 2.68. The quantitative estimate of drug-likeness (QED) is 0.276. The van der Waals surface area contributed by atoms with Crippen molar-refractivity contribution in [3.63, 3.8) is 0 Å². The lowest BCUT2D eigenvalue weighted by molar-refractivity contribution is -0.286. The van der Waals surface area contributed by atoms with Crippen molar-refractivity contribution < 1.29 is 40.1 Å². The number of rotatable bonds is 7. The predicted molar refractivity (Wildman–Crippen MR) is 150 cm³/mol. The van der Waals surface area contributed by atoms with Gasteiger partial charge in [-0.25, -0.2) is 0 Å². The summed E-state index contributed by atoms with van der Waals surface area (Å²) >= 11 is 0. The van der Waals surface area contributed by atoms with Crippen LogP contribution in [0.1, 0.15) is 92.4 Å². The minimum Gasteiger partial charge on any atom is -0.393 e. The van der Waals surface area contributed by atoms with Crippen LogP contribution < -0.4 is 0 Å². The molecular formula is C32H56O8. The topological polar surface area (TPSA) is 140 Å². The van der Waals surface area contributed by atoms with E-state index in [0.717, 1.165) is 51.4 Å². The Bertz CT molecular complexity index is 870. The smallest absolute Gasteiger partial charge is 0.186 e. The van der Waals surface area contributed by atoms with Gasteiger partial charge in [-0.3, -0.25) is 0 Å². The van der Waals surface area contributed by atoms with Crippen LogP contribution in [0.15, 0.2) is 0 Å². The van der Waals surface area contributed by atoms with E-state index in [2.05, 4.69) is 34.6 Å². The molecule has 0 aromatic rings. The van der Waals surface area contributed by atoms with E-state index in [1.807, 2.05) is 0 Å². The average Bonchev–Trinajstić information content (AvgIpc) is 3.17. The molecule has 0 bridgehead atoms. The standard InChI is InChI=1S/C32H56O8/c1-16(2)26(40-30-29(38)28(37)25(36)15-39-30)7-6-17(3)21-14-24(35)27-19-13-23(34)22-12-18(33)8-10-31(22,4)20(19)9-11-32(21,27)5/h16-30,33-38H,6-15H2,1-5H3/t17?,18-,19?,20?,21+,22?,23-,24+,25+,26-,27?,28-,29+,30-,31+,32+/m0/s1. The van der Waals surface area contributed by atoms with E-state index in [0.29, 0.717) is 30.1 Å². The Hall–Kier alpha value is -0.320. The highest BCUT2D eigenvalue weighted by molar-refractivity contribution is 5.13. The first-order chi connectivity index (χ1) is 18.8. The highest BCUT2D eigenvalue weighted by atomic mass is 16.7. The Morgan fingerprint density at radius 1 is 0.775 bits per heavy atom. The third kappa shape index (κ3) is 5.31. The van der Waals surface area contributed by atoms with Crippen molar-refractivity contribution in [1.82, 2.24) is 0 Å². The van der Waals surface area contributed by atoms with E-state index < -0.39 is 30.7 Å². The first-order valence-electron chi connectivity index (χ1n) is 16.1. The lowest BCUT2D eigenvalue weighted by Gasteiger charge is -2.62. The second-order valence-electron chi connectivity index (χ2n) is 15.3. The summed E-state index contributed by atoms with van der Waals surface area (Å²) in [5.41, 5.74) is 0.0533. The first kappa shape index (κ1) is 31.1. The van der Waals surface area contributed by atoms with Gasteiger partial charge in [-0.15, -0.1) is 0 Å². The Kier molecular flexibility index (Phi) is 9.06. The number of aliphatic hydroxyl groups is 6. The molecule has 8 heteroatoms. The lowest BCUT2D eigenvalue weighted by atomic mass is 9.43. The van der Waals surface area contributed by atoms with Gasteiger partial charge in [0, 0.05) is 0 Å². The number of aliphatic hydroxyl groups excluding tert-OH is 6. The Balaban J connectivity index is 1.26. The fraction of sp³-hybridized carbons (Fsp3) is 1.00. The summed E-state index contributed by atoms with van der Waals surface area (Å²) in [5.74, 6) is 2.09. The van der Waals surface area contributed by atoms with Crippen molar-refractivity contribution in [2.75, 3.05) is 6.61 Å². The molecule has 5 aliphatic rings. The van der Waals surface area contributed by atoms with Crippen LogP contribution >= 0.6 is 0 Å². The molecule has 16 atom stereocenters. The molecule has 0 aromatic heterocycles. The Labute approximate surface area is 240 Å². The molecule has 0 spiro atoms. The monoisotopic (exact) mass is 568 g/mol. The molecular weight excluding hydrogens is 512 g/mol. The van der Waals surface area contributed by atoms with Crippen molar-refractivity contribution in [3.8, 4) is 0 Å². The Morgan fingerprint density at radius 2 is 1.48 bits per heavy atom. The molecule has 0 radical (unpaired) electrons. The zero-order chi connectivity index (χ0) is 29.1. The van der Waals surface area contributed by atoms with E-state index in [4.69, 9.17) is 9.47 Å². The molecule has 5 rings (SSSR count). The van der Waals surface area contributed by atoms with Gasteiger partial charge in [-0.2, -0.15) is 0 Å². The molecule has 6 N–H and O–H groups in total. The molecule has 4 saturated carbocycles. The van der Waals surface area contributed by atoms with E-state index >= 15 is 0 Å². The zero-order valence-electron chi connectivity index (χ0n) is 25.2. The van der Waals surface area contributed by atoms with E-state index in [1.54, 1.807) is 0 Å². The maximum Gasteiger partial charge on any atom is 0.186 e. The molecule has 1 heterocycles. The van der Waals surface area contributed by atoms with Crippen LogP contribution in [-0.4, -0.2) is 86.3 Å². The third-order valence-corrected chi connectivity index (χ3v) is 12.8. The first-order valence-corrected chi connectivity index (χ1v) is 16.1. The maximum absolute atomic E-state index is 11.6. The van der Waals surface area contributed by atoms with Crippen LogP contribution in [0.25, 0.3) is 0 Å². The molecule has 232 valence electrons. The van der Waals surface area contributed by atoms with Crippen molar-refractivity contribution in [1.29, 1.82) is 0 Å². The lowest BCUT2D eigenvalue weighted by Crippen LogP contribution is -2.59. The molecule has 0 aromatic carbocycles. The zero-order valence-corrected chi connectivity index (χ0v) is 25.2. The van der Waals surface area contributed by atoms with E-state index in [9.17, 15) is 30.6 Å². The van der Waals surface area contributed by atoms with Crippen molar-refractivity contribution in [2.24, 2.45) is 52.3 Å². The fourth-order valence-electron chi connectivity index (χ4n) is 10.5. The van der Waals surface area contributed by atoms with Crippen molar-refractivity contribution >= 4 is 0 Å². The summed E-state index contributed by atoms with van der Waals surface area (Å²) in [7, 11) is 0. The molecule has 5 fully saturated rings. The number of ether oxygens (including phenoxy) is 2. The molecule has 5 unspecified atom stereocenters. The van der Waals surface area contributed by atoms with Gasteiger partial charge in [0.1, 0.15) is 18.3 Å². The average molecular weight is 569 g/mol. The van der Waals surface area contributed by atoms with Crippen LogP contribution in [-0.2, 0) is 9.47 Å². The van der Waals surface area contributed by atoms with Gasteiger partial charge in [0.2, 0.25) is 0 Å². The summed E-state index contributed by atoms with van der Waals surface area (Å²) in [6, 6.07) is 0. The normalized spacial score (nSPS) is 52.5. The van der Waals surface area contributed by atoms with Gasteiger partial charge < -0.3 is 40.1 Å². The van der Waals surface area contributed by atoms with E-state index in [-0.39, 0.29) is 53.5 Å². The van der Waals surface area contributed by atoms with Gasteiger partial charge in [-0.1, -0.05) is 34.6 Å². The molecule has 8 nitrogen and oxygen atoms in total. The summed E-state index contributed by atoms with van der Waals surface area (Å²) in [4.78, 5) is 0. The van der Waals surface area contributed by atoms with Crippen LogP contribution in [0.2, 0.25) is 0 Å². The fourth-order valence-corrected chi connectivity index (χ4v) is 10.5. The minimum absolute atomic E-state index is 0.0220. The summed E-state index contributed by atoms with van der Waals surface area (Å²) in [6.07, 6.45) is 2.05. The number of fused-ring (bicyclic) bond motifs is 5. The van der Waals surface area contributed by atoms with Gasteiger partial charge in [-0.05, 0) is 110 Å². The summed E-state index contributed by atoms with van der Waals surface area (Å²) in [5, 5.41) is 63.5. The molecule has 4 aliphatic carbocycles. The molecule has 1 aliphatic heterocycles. The van der Waals surface area contributed by atoms with E-state index in [1.165, 1.54) is 0 Å². The molecule has 0 amide bonds. The van der Waals surface area contributed by atoms with Crippen LogP contribution in [0, 0.1) is 52.3 Å². The van der Waals surface area contributed by atoms with Gasteiger partial charge >= 0.3 is 0 Å². The minimum atomic E-state index is -1.29. The van der Waals surface area contributed by atoms with Crippen LogP contribution in [0.3, 0.4) is 0 Å². The van der Waals surface area contributed by atoms with Gasteiger partial charge in [0.25, 0.3) is 0 Å². The molecule has 40 heavy (non-hydrogen) atoms. The summed E-state index contributed by atoms with van der Waals surface area (Å²) in [6.45, 7) is 11.1. The predicted octanol–water partition coefficient (Wildman–Crippen LogP) is 2.84. The highest BCUT2D eigenvalue weighted by Gasteiger charge is 2.64. The van der Waals surface area contributed by atoms with Gasteiger partial charge in [0.05, 0.1) is 31.0 Å². The third-order valence-electron chi connectivity index (χ3n) is 12.8. The second-order valence-corrected chi connectivity index (χ2v) is 15.3. The van der Waals surface area contributed by atoms with Gasteiger partial charge in [0.15, 0.2) is 6.29 Å².